The first-order valence-electron chi connectivity index (χ1n) is 10.1. The lowest BCUT2D eigenvalue weighted by Gasteiger charge is -2.36. The number of thiophene rings is 1. The van der Waals surface area contributed by atoms with Crippen molar-refractivity contribution >= 4 is 44.8 Å². The predicted octanol–water partition coefficient (Wildman–Crippen LogP) is 3.08. The van der Waals surface area contributed by atoms with Crippen LogP contribution in [0.4, 0.5) is 0 Å². The summed E-state index contributed by atoms with van der Waals surface area (Å²) in [4.78, 5) is 27.5. The van der Waals surface area contributed by atoms with Crippen LogP contribution in [-0.4, -0.2) is 61.7 Å². The first-order chi connectivity index (χ1) is 14.7. The Bertz CT molecular complexity index is 1020. The van der Waals surface area contributed by atoms with Crippen LogP contribution in [0.3, 0.4) is 0 Å². The molecular formula is C21H26ClN3O4S2. The molecule has 3 rings (SSSR count). The summed E-state index contributed by atoms with van der Waals surface area (Å²) in [5, 5.41) is 2.88. The molecule has 31 heavy (non-hydrogen) atoms. The highest BCUT2D eigenvalue weighted by molar-refractivity contribution is 7.91. The van der Waals surface area contributed by atoms with Gasteiger partial charge in [0.1, 0.15) is 10.3 Å². The van der Waals surface area contributed by atoms with Crippen molar-refractivity contribution in [2.75, 3.05) is 26.2 Å². The van der Waals surface area contributed by atoms with E-state index >= 15 is 0 Å². The van der Waals surface area contributed by atoms with Gasteiger partial charge in [-0.25, -0.2) is 8.42 Å². The molecule has 0 bridgehead atoms. The van der Waals surface area contributed by atoms with Gasteiger partial charge in [0, 0.05) is 31.7 Å². The summed E-state index contributed by atoms with van der Waals surface area (Å²) in [7, 11) is -3.63. The minimum absolute atomic E-state index is 0.0600. The van der Waals surface area contributed by atoms with Crippen LogP contribution in [0, 0.1) is 5.92 Å². The normalized spacial score (nSPS) is 17.2. The number of carbonyl (C=O) groups is 2. The minimum atomic E-state index is -3.63. The molecule has 168 valence electrons. The lowest BCUT2D eigenvalue weighted by Crippen LogP contribution is -2.57. The molecule has 0 aliphatic carbocycles. The van der Waals surface area contributed by atoms with Crippen molar-refractivity contribution in [1.82, 2.24) is 14.5 Å². The molecule has 1 N–H and O–H groups in total. The standard InChI is InChI=1S/C21H26ClN3O4S2/c1-3-15(2)19(23-20(26)16-7-5-4-6-8-16)21(27)24-11-13-25(14-12-24)31(28,29)18-10-9-17(22)30-18/h4-10,15,19H,3,11-14H2,1-2H3,(H,23,26)/t15-,19+/m1/s1. The maximum Gasteiger partial charge on any atom is 0.252 e. The average molecular weight is 484 g/mol. The zero-order valence-corrected chi connectivity index (χ0v) is 19.8. The number of hydrogen-bond donors (Lipinski definition) is 1. The van der Waals surface area contributed by atoms with Gasteiger partial charge in [0.25, 0.3) is 15.9 Å². The smallest absolute Gasteiger partial charge is 0.252 e. The van der Waals surface area contributed by atoms with Gasteiger partial charge in [-0.15, -0.1) is 11.3 Å². The van der Waals surface area contributed by atoms with E-state index in [1.54, 1.807) is 35.2 Å². The second-order valence-electron chi connectivity index (χ2n) is 7.49. The molecule has 0 spiro atoms. The fourth-order valence-corrected chi connectivity index (χ4v) is 6.47. The summed E-state index contributed by atoms with van der Waals surface area (Å²) < 4.78 is 27.6. The SMILES string of the molecule is CC[C@@H](C)[C@H](NC(=O)c1ccccc1)C(=O)N1CCN(S(=O)(=O)c2ccc(Cl)s2)CC1. The maximum absolute atomic E-state index is 13.2. The lowest BCUT2D eigenvalue weighted by atomic mass is 9.97. The fraction of sp³-hybridized carbons (Fsp3) is 0.429. The van der Waals surface area contributed by atoms with Crippen LogP contribution in [0.1, 0.15) is 30.6 Å². The largest absolute Gasteiger partial charge is 0.340 e. The zero-order chi connectivity index (χ0) is 22.6. The van der Waals surface area contributed by atoms with E-state index in [4.69, 9.17) is 11.6 Å². The highest BCUT2D eigenvalue weighted by Gasteiger charge is 2.35. The van der Waals surface area contributed by atoms with Gasteiger partial charge < -0.3 is 10.2 Å². The summed E-state index contributed by atoms with van der Waals surface area (Å²) in [5.74, 6) is -0.542. The number of carbonyl (C=O) groups excluding carboxylic acids is 2. The van der Waals surface area contributed by atoms with Crippen molar-refractivity contribution in [1.29, 1.82) is 0 Å². The van der Waals surface area contributed by atoms with Crippen LogP contribution in [-0.2, 0) is 14.8 Å². The number of amides is 2. The van der Waals surface area contributed by atoms with Gasteiger partial charge in [0.05, 0.1) is 4.34 Å². The van der Waals surface area contributed by atoms with E-state index in [0.29, 0.717) is 9.90 Å². The minimum Gasteiger partial charge on any atom is -0.340 e. The summed E-state index contributed by atoms with van der Waals surface area (Å²) >= 11 is 6.90. The number of nitrogens with one attached hydrogen (secondary N) is 1. The van der Waals surface area contributed by atoms with Crippen LogP contribution < -0.4 is 5.32 Å². The van der Waals surface area contributed by atoms with Crippen LogP contribution in [0.5, 0.6) is 0 Å². The number of piperazine rings is 1. The Hall–Kier alpha value is -1.94. The maximum atomic E-state index is 13.2. The number of hydrogen-bond acceptors (Lipinski definition) is 5. The summed E-state index contributed by atoms with van der Waals surface area (Å²) in [5.41, 5.74) is 0.495. The van der Waals surface area contributed by atoms with E-state index in [9.17, 15) is 18.0 Å². The highest BCUT2D eigenvalue weighted by atomic mass is 35.5. The van der Waals surface area contributed by atoms with E-state index in [1.165, 1.54) is 10.4 Å². The molecule has 2 aromatic rings. The number of sulfonamides is 1. The predicted molar refractivity (Wildman–Crippen MR) is 122 cm³/mol. The monoisotopic (exact) mass is 483 g/mol. The van der Waals surface area contributed by atoms with Gasteiger partial charge >= 0.3 is 0 Å². The van der Waals surface area contributed by atoms with Crippen molar-refractivity contribution in [3.05, 3.63) is 52.4 Å². The molecule has 1 aromatic heterocycles. The number of benzene rings is 1. The van der Waals surface area contributed by atoms with Crippen molar-refractivity contribution in [3.8, 4) is 0 Å². The van der Waals surface area contributed by atoms with Crippen molar-refractivity contribution in [3.63, 3.8) is 0 Å². The van der Waals surface area contributed by atoms with Gasteiger partial charge in [0.15, 0.2) is 0 Å². The lowest BCUT2D eigenvalue weighted by molar-refractivity contribution is -0.135. The Morgan fingerprint density at radius 1 is 1.10 bits per heavy atom. The molecule has 2 atom stereocenters. The van der Waals surface area contributed by atoms with Crippen LogP contribution in [0.15, 0.2) is 46.7 Å². The van der Waals surface area contributed by atoms with E-state index in [0.717, 1.165) is 17.8 Å². The van der Waals surface area contributed by atoms with Crippen LogP contribution in [0.25, 0.3) is 0 Å². The molecule has 2 amide bonds. The second kappa shape index (κ2) is 10.1. The second-order valence-corrected chi connectivity index (χ2v) is 11.4. The first kappa shape index (κ1) is 23.7. The zero-order valence-electron chi connectivity index (χ0n) is 17.5. The highest BCUT2D eigenvalue weighted by Crippen LogP contribution is 2.28. The molecule has 1 aliphatic rings. The molecule has 10 heteroatoms. The molecule has 1 saturated heterocycles. The van der Waals surface area contributed by atoms with E-state index in [2.05, 4.69) is 5.32 Å². The molecular weight excluding hydrogens is 458 g/mol. The average Bonchev–Trinajstić information content (AvgIpc) is 3.24. The third-order valence-corrected chi connectivity index (χ3v) is 9.09. The molecule has 0 saturated carbocycles. The van der Waals surface area contributed by atoms with Crippen LogP contribution >= 0.6 is 22.9 Å². The Morgan fingerprint density at radius 2 is 1.74 bits per heavy atom. The van der Waals surface area contributed by atoms with E-state index in [1.807, 2.05) is 19.9 Å². The summed E-state index contributed by atoms with van der Waals surface area (Å²) in [6.45, 7) is 4.83. The molecule has 7 nitrogen and oxygen atoms in total. The van der Waals surface area contributed by atoms with Gasteiger partial charge in [0.2, 0.25) is 5.91 Å². The van der Waals surface area contributed by atoms with Crippen molar-refractivity contribution in [2.24, 2.45) is 5.92 Å². The Labute approximate surface area is 192 Å². The third-order valence-electron chi connectivity index (χ3n) is 5.49. The Balaban J connectivity index is 1.67. The fourth-order valence-electron chi connectivity index (χ4n) is 3.41. The van der Waals surface area contributed by atoms with Gasteiger partial charge in [-0.2, -0.15) is 4.31 Å². The van der Waals surface area contributed by atoms with Crippen molar-refractivity contribution < 1.29 is 18.0 Å². The van der Waals surface area contributed by atoms with Gasteiger partial charge in [-0.3, -0.25) is 9.59 Å². The molecule has 1 aromatic carbocycles. The number of rotatable bonds is 7. The quantitative estimate of drug-likeness (QED) is 0.655. The molecule has 0 unspecified atom stereocenters. The van der Waals surface area contributed by atoms with Crippen LogP contribution in [0.2, 0.25) is 4.34 Å². The summed E-state index contributed by atoms with van der Waals surface area (Å²) in [6, 6.07) is 11.2. The number of halogens is 1. The van der Waals surface area contributed by atoms with E-state index in [-0.39, 0.29) is 48.1 Å². The Morgan fingerprint density at radius 3 is 2.29 bits per heavy atom. The first-order valence-corrected chi connectivity index (χ1v) is 12.8. The topological polar surface area (TPSA) is 86.8 Å². The van der Waals surface area contributed by atoms with Crippen molar-refractivity contribution in [2.45, 2.75) is 30.5 Å². The summed E-state index contributed by atoms with van der Waals surface area (Å²) in [6.07, 6.45) is 0.721. The van der Waals surface area contributed by atoms with Gasteiger partial charge in [-0.05, 0) is 30.2 Å². The molecule has 1 fully saturated rings. The third kappa shape index (κ3) is 5.46. The number of nitrogens with zero attached hydrogens (tertiary/aromatic N) is 2. The molecule has 1 aliphatic heterocycles. The Kier molecular flexibility index (Phi) is 7.74. The van der Waals surface area contributed by atoms with E-state index < -0.39 is 16.1 Å². The molecule has 2 heterocycles. The molecule has 0 radical (unpaired) electrons. The van der Waals surface area contributed by atoms with Gasteiger partial charge in [-0.1, -0.05) is 50.1 Å².